The molecule has 0 aliphatic heterocycles. The van der Waals surface area contributed by atoms with E-state index in [-0.39, 0.29) is 6.09 Å². The number of nitrogens with zero attached hydrogens (tertiary/aromatic N) is 1. The summed E-state index contributed by atoms with van der Waals surface area (Å²) in [7, 11) is 1.62. The minimum Gasteiger partial charge on any atom is -0.414 e. The van der Waals surface area contributed by atoms with Crippen LogP contribution in [-0.2, 0) is 16.0 Å². The van der Waals surface area contributed by atoms with Crippen molar-refractivity contribution in [1.82, 2.24) is 4.98 Å². The number of carbonyl (C=O) groups is 1. The Hall–Kier alpha value is -0.980. The van der Waals surface area contributed by atoms with Gasteiger partial charge in [0.2, 0.25) is 0 Å². The van der Waals surface area contributed by atoms with E-state index in [4.69, 9.17) is 9.47 Å². The predicted molar refractivity (Wildman–Crippen MR) is 79.6 cm³/mol. The number of ether oxygens (including phenoxy) is 2. The average Bonchev–Trinajstić information content (AvgIpc) is 2.34. The van der Waals surface area contributed by atoms with Gasteiger partial charge in [-0.1, -0.05) is 0 Å². The van der Waals surface area contributed by atoms with Gasteiger partial charge in [0.1, 0.15) is 23.3 Å². The fourth-order valence-electron chi connectivity index (χ4n) is 1.60. The van der Waals surface area contributed by atoms with Gasteiger partial charge >= 0.3 is 6.09 Å². The van der Waals surface area contributed by atoms with Crippen LogP contribution in [0.2, 0.25) is 0 Å². The van der Waals surface area contributed by atoms with Crippen molar-refractivity contribution in [3.8, 4) is 0 Å². The molecule has 1 aromatic rings. The summed E-state index contributed by atoms with van der Waals surface area (Å²) in [5.41, 5.74) is 0.484. The summed E-state index contributed by atoms with van der Waals surface area (Å²) in [4.78, 5) is 17.1. The molecule has 0 radical (unpaired) electrons. The van der Waals surface area contributed by atoms with Gasteiger partial charge in [-0.3, -0.25) is 0 Å². The van der Waals surface area contributed by atoms with E-state index in [0.29, 0.717) is 24.6 Å². The number of nitrogens with one attached hydrogen (secondary N) is 1. The predicted octanol–water partition coefficient (Wildman–Crippen LogP) is 1.81. The van der Waals surface area contributed by atoms with Crippen LogP contribution in [0.4, 0.5) is 4.79 Å². The smallest absolute Gasteiger partial charge is 0.414 e. The van der Waals surface area contributed by atoms with Gasteiger partial charge in [0.05, 0.1) is 6.61 Å². The lowest BCUT2D eigenvalue weighted by Gasteiger charge is -2.23. The fourth-order valence-corrected chi connectivity index (χ4v) is 1.83. The second kappa shape index (κ2) is 7.71. The SMILES string of the molecule is COCC[NH+](Cc1ccc(Br)nc1)C(=O)OC(C)(C)C. The zero-order valence-electron chi connectivity index (χ0n) is 12.4. The topological polar surface area (TPSA) is 52.9 Å². The number of aromatic nitrogens is 1. The van der Waals surface area contributed by atoms with Crippen molar-refractivity contribution in [3.05, 3.63) is 28.5 Å². The number of halogens is 1. The van der Waals surface area contributed by atoms with Gasteiger partial charge in [-0.05, 0) is 48.8 Å². The van der Waals surface area contributed by atoms with Gasteiger partial charge in [-0.25, -0.2) is 9.88 Å². The summed E-state index contributed by atoms with van der Waals surface area (Å²) in [6, 6.07) is 3.80. The number of carbonyl (C=O) groups excluding carboxylic acids is 1. The molecule has 0 saturated carbocycles. The third kappa shape index (κ3) is 6.45. The molecule has 1 atom stereocenters. The number of pyridine rings is 1. The van der Waals surface area contributed by atoms with E-state index < -0.39 is 5.60 Å². The van der Waals surface area contributed by atoms with Crippen molar-refractivity contribution in [2.24, 2.45) is 0 Å². The van der Waals surface area contributed by atoms with E-state index in [1.165, 1.54) is 0 Å². The summed E-state index contributed by atoms with van der Waals surface area (Å²) >= 11 is 3.29. The Labute approximate surface area is 128 Å². The maximum atomic E-state index is 12.2. The molecule has 0 bridgehead atoms. The van der Waals surface area contributed by atoms with Crippen molar-refractivity contribution in [3.63, 3.8) is 0 Å². The number of hydrogen-bond acceptors (Lipinski definition) is 4. The molecule has 0 fully saturated rings. The van der Waals surface area contributed by atoms with Crippen LogP contribution >= 0.6 is 15.9 Å². The van der Waals surface area contributed by atoms with Crippen LogP contribution < -0.4 is 4.90 Å². The molecule has 1 aromatic heterocycles. The van der Waals surface area contributed by atoms with Crippen molar-refractivity contribution in [2.75, 3.05) is 20.3 Å². The molecule has 0 aliphatic rings. The number of alkyl carbamates (subject to hydrolysis) is 2. The Morgan fingerprint density at radius 2 is 2.10 bits per heavy atom. The first-order chi connectivity index (χ1) is 9.31. The Bertz CT molecular complexity index is 429. The zero-order valence-corrected chi connectivity index (χ0v) is 14.0. The maximum absolute atomic E-state index is 12.2. The molecular formula is C14H22BrN2O3+. The molecule has 20 heavy (non-hydrogen) atoms. The number of methoxy groups -OCH3 is 1. The van der Waals surface area contributed by atoms with Crippen LogP contribution in [0.25, 0.3) is 0 Å². The van der Waals surface area contributed by atoms with Crippen molar-refractivity contribution in [1.29, 1.82) is 0 Å². The standard InChI is InChI=1S/C14H21BrN2O3/c1-14(2,3)20-13(18)17(7-8-19-4)10-11-5-6-12(15)16-9-11/h5-6,9H,7-8,10H2,1-4H3/p+1. The largest absolute Gasteiger partial charge is 0.515 e. The highest BCUT2D eigenvalue weighted by Gasteiger charge is 2.27. The monoisotopic (exact) mass is 345 g/mol. The van der Waals surface area contributed by atoms with Crippen LogP contribution in [0.1, 0.15) is 26.3 Å². The number of amides is 1. The van der Waals surface area contributed by atoms with Crippen molar-refractivity contribution in [2.45, 2.75) is 32.9 Å². The number of quaternary nitrogens is 1. The molecular weight excluding hydrogens is 324 g/mol. The van der Waals surface area contributed by atoms with Gasteiger partial charge in [0.15, 0.2) is 0 Å². The molecule has 1 rings (SSSR count). The zero-order chi connectivity index (χ0) is 15.2. The van der Waals surface area contributed by atoms with Crippen LogP contribution in [0, 0.1) is 0 Å². The lowest BCUT2D eigenvalue weighted by atomic mass is 10.2. The van der Waals surface area contributed by atoms with Crippen LogP contribution in [0.15, 0.2) is 22.9 Å². The van der Waals surface area contributed by atoms with Gasteiger partial charge in [0.25, 0.3) is 0 Å². The second-order valence-corrected chi connectivity index (χ2v) is 6.33. The summed E-state index contributed by atoms with van der Waals surface area (Å²) in [5.74, 6) is 0. The summed E-state index contributed by atoms with van der Waals surface area (Å²) < 4.78 is 11.3. The minimum atomic E-state index is -0.493. The molecule has 0 aromatic carbocycles. The van der Waals surface area contributed by atoms with Crippen molar-refractivity contribution < 1.29 is 19.2 Å². The van der Waals surface area contributed by atoms with Gasteiger partial charge in [-0.2, -0.15) is 4.79 Å². The lowest BCUT2D eigenvalue weighted by molar-refractivity contribution is -0.839. The molecule has 0 aliphatic carbocycles. The maximum Gasteiger partial charge on any atom is 0.515 e. The first kappa shape index (κ1) is 17.1. The molecule has 1 heterocycles. The Kier molecular flexibility index (Phi) is 6.58. The number of rotatable bonds is 5. The normalized spacial score (nSPS) is 13.1. The molecule has 0 spiro atoms. The molecule has 1 unspecified atom stereocenters. The highest BCUT2D eigenvalue weighted by molar-refractivity contribution is 9.10. The van der Waals surface area contributed by atoms with Crippen molar-refractivity contribution >= 4 is 22.0 Å². The third-order valence-electron chi connectivity index (χ3n) is 2.50. The quantitative estimate of drug-likeness (QED) is 0.827. The molecule has 0 saturated heterocycles. The van der Waals surface area contributed by atoms with Gasteiger partial charge < -0.3 is 9.47 Å². The van der Waals surface area contributed by atoms with E-state index in [9.17, 15) is 4.79 Å². The molecule has 112 valence electrons. The van der Waals surface area contributed by atoms with E-state index in [0.717, 1.165) is 10.2 Å². The first-order valence-electron chi connectivity index (χ1n) is 6.49. The summed E-state index contributed by atoms with van der Waals surface area (Å²) in [5, 5.41) is 0. The number of hydrogen-bond donors (Lipinski definition) is 1. The fraction of sp³-hybridized carbons (Fsp3) is 0.571. The van der Waals surface area contributed by atoms with E-state index in [1.807, 2.05) is 32.9 Å². The highest BCUT2D eigenvalue weighted by Crippen LogP contribution is 2.07. The van der Waals surface area contributed by atoms with E-state index in [2.05, 4.69) is 20.9 Å². The molecule has 6 heteroatoms. The minimum absolute atomic E-state index is 0.266. The first-order valence-corrected chi connectivity index (χ1v) is 7.28. The van der Waals surface area contributed by atoms with Gasteiger partial charge in [-0.15, -0.1) is 0 Å². The van der Waals surface area contributed by atoms with Gasteiger partial charge in [0, 0.05) is 18.9 Å². The lowest BCUT2D eigenvalue weighted by Crippen LogP contribution is -3.14. The van der Waals surface area contributed by atoms with Crippen LogP contribution in [-0.4, -0.2) is 36.9 Å². The van der Waals surface area contributed by atoms with E-state index in [1.54, 1.807) is 13.3 Å². The Balaban J connectivity index is 2.73. The van der Waals surface area contributed by atoms with E-state index >= 15 is 0 Å². The van der Waals surface area contributed by atoms with Crippen LogP contribution in [0.3, 0.4) is 0 Å². The molecule has 5 nitrogen and oxygen atoms in total. The summed E-state index contributed by atoms with van der Waals surface area (Å²) in [6.07, 6.45) is 1.49. The Morgan fingerprint density at radius 1 is 1.40 bits per heavy atom. The molecule has 1 N–H and O–H groups in total. The highest BCUT2D eigenvalue weighted by atomic mass is 79.9. The van der Waals surface area contributed by atoms with Crippen LogP contribution in [0.5, 0.6) is 0 Å². The Morgan fingerprint density at radius 3 is 2.60 bits per heavy atom. The average molecular weight is 346 g/mol. The third-order valence-corrected chi connectivity index (χ3v) is 2.97. The second-order valence-electron chi connectivity index (χ2n) is 5.51. The summed E-state index contributed by atoms with van der Waals surface area (Å²) in [6.45, 7) is 7.17. The molecule has 1 amide bonds.